The van der Waals surface area contributed by atoms with Crippen molar-refractivity contribution in [3.63, 3.8) is 0 Å². The van der Waals surface area contributed by atoms with Gasteiger partial charge in [-0.15, -0.1) is 0 Å². The number of ether oxygens (including phenoxy) is 1. The normalized spacial score (nSPS) is 21.0. The van der Waals surface area contributed by atoms with Gasteiger partial charge in [-0.1, -0.05) is 44.0 Å². The summed E-state index contributed by atoms with van der Waals surface area (Å²) in [4.78, 5) is 12.4. The molecule has 0 aromatic heterocycles. The molecule has 1 atom stereocenters. The Balaban J connectivity index is 2.24. The van der Waals surface area contributed by atoms with Gasteiger partial charge in [0.25, 0.3) is 5.91 Å². The molecule has 1 N–H and O–H groups in total. The second kappa shape index (κ2) is 6.90. The summed E-state index contributed by atoms with van der Waals surface area (Å²) in [5, 5.41) is 15.0. The molecular weight excluding hydrogens is 396 g/mol. The fourth-order valence-corrected chi connectivity index (χ4v) is 2.80. The maximum absolute atomic E-state index is 13.0. The van der Waals surface area contributed by atoms with Gasteiger partial charge in [0.15, 0.2) is 12.3 Å². The first-order chi connectivity index (χ1) is 11.8. The Kier molecular flexibility index (Phi) is 5.52. The average molecular weight is 413 g/mol. The highest BCUT2D eigenvalue weighted by atomic mass is 35.5. The standard InChI is InChI=1S/C16H17Cl2F3N2O3/c1-14(2,3)15(25)7-12(16(19,20)21)22-23(15)13(24)8-26-11-5-4-9(17)6-10(11)18/h4-6,25H,7-8H2,1-3H3/t15-/m1/s1. The van der Waals surface area contributed by atoms with Gasteiger partial charge in [-0.05, 0) is 18.2 Å². The van der Waals surface area contributed by atoms with Crippen molar-refractivity contribution < 1.29 is 27.8 Å². The Morgan fingerprint density at radius 1 is 1.35 bits per heavy atom. The predicted molar refractivity (Wildman–Crippen MR) is 91.3 cm³/mol. The van der Waals surface area contributed by atoms with E-state index < -0.39 is 42.0 Å². The second-order valence-corrected chi connectivity index (χ2v) is 7.70. The third-order valence-corrected chi connectivity index (χ3v) is 4.53. The average Bonchev–Trinajstić information content (AvgIpc) is 2.85. The number of carbonyl (C=O) groups is 1. The van der Waals surface area contributed by atoms with Crippen LogP contribution < -0.4 is 4.74 Å². The second-order valence-electron chi connectivity index (χ2n) is 6.86. The lowest BCUT2D eigenvalue weighted by Crippen LogP contribution is -2.56. The molecule has 26 heavy (non-hydrogen) atoms. The Hall–Kier alpha value is -1.51. The van der Waals surface area contributed by atoms with Crippen LogP contribution in [0.2, 0.25) is 10.0 Å². The Morgan fingerprint density at radius 3 is 2.46 bits per heavy atom. The largest absolute Gasteiger partial charge is 0.482 e. The Labute approximate surface area is 158 Å². The number of aliphatic hydroxyl groups is 1. The first-order valence-corrected chi connectivity index (χ1v) is 8.29. The molecule has 1 aromatic rings. The van der Waals surface area contributed by atoms with E-state index in [1.54, 1.807) is 0 Å². The highest BCUT2D eigenvalue weighted by molar-refractivity contribution is 6.35. The van der Waals surface area contributed by atoms with Crippen LogP contribution in [0.4, 0.5) is 13.2 Å². The lowest BCUT2D eigenvalue weighted by molar-refractivity contribution is -0.183. The number of carbonyl (C=O) groups excluding carboxylic acids is 1. The highest BCUT2D eigenvalue weighted by Gasteiger charge is 2.57. The minimum atomic E-state index is -4.76. The van der Waals surface area contributed by atoms with E-state index in [0.717, 1.165) is 0 Å². The van der Waals surface area contributed by atoms with E-state index in [9.17, 15) is 23.1 Å². The predicted octanol–water partition coefficient (Wildman–Crippen LogP) is 4.26. The number of amides is 1. The van der Waals surface area contributed by atoms with Crippen LogP contribution in [0.1, 0.15) is 27.2 Å². The number of nitrogens with zero attached hydrogens (tertiary/aromatic N) is 2. The monoisotopic (exact) mass is 412 g/mol. The maximum Gasteiger partial charge on any atom is 0.431 e. The summed E-state index contributed by atoms with van der Waals surface area (Å²) in [5.41, 5.74) is -4.45. The summed E-state index contributed by atoms with van der Waals surface area (Å²) in [6, 6.07) is 4.29. The summed E-state index contributed by atoms with van der Waals surface area (Å²) in [6.07, 6.45) is -5.58. The van der Waals surface area contributed by atoms with Crippen molar-refractivity contribution in [1.82, 2.24) is 5.01 Å². The molecule has 0 saturated carbocycles. The molecule has 5 nitrogen and oxygen atoms in total. The zero-order valence-electron chi connectivity index (χ0n) is 14.2. The zero-order valence-corrected chi connectivity index (χ0v) is 15.7. The van der Waals surface area contributed by atoms with Crippen LogP contribution in [0.25, 0.3) is 0 Å². The molecule has 1 amide bonds. The molecule has 0 unspecified atom stereocenters. The van der Waals surface area contributed by atoms with Crippen LogP contribution >= 0.6 is 23.2 Å². The van der Waals surface area contributed by atoms with Crippen LogP contribution in [0, 0.1) is 5.41 Å². The lowest BCUT2D eigenvalue weighted by Gasteiger charge is -2.41. The Bertz CT molecular complexity index is 747. The molecule has 2 rings (SSSR count). The first-order valence-electron chi connectivity index (χ1n) is 7.53. The molecule has 0 spiro atoms. The molecule has 0 radical (unpaired) electrons. The van der Waals surface area contributed by atoms with E-state index in [-0.39, 0.29) is 10.8 Å². The summed E-state index contributed by atoms with van der Waals surface area (Å²) in [5.74, 6) is -0.810. The van der Waals surface area contributed by atoms with E-state index in [2.05, 4.69) is 5.10 Å². The maximum atomic E-state index is 13.0. The summed E-state index contributed by atoms with van der Waals surface area (Å²) >= 11 is 11.7. The smallest absolute Gasteiger partial charge is 0.431 e. The van der Waals surface area contributed by atoms with Crippen molar-refractivity contribution in [1.29, 1.82) is 0 Å². The SMILES string of the molecule is CC(C)(C)[C@]1(O)CC(C(F)(F)F)=NN1C(=O)COc1ccc(Cl)cc1Cl. The molecule has 1 aliphatic heterocycles. The zero-order chi connectivity index (χ0) is 19.9. The molecular formula is C16H17Cl2F3N2O3. The number of hydrogen-bond acceptors (Lipinski definition) is 4. The van der Waals surface area contributed by atoms with E-state index in [1.165, 1.54) is 39.0 Å². The van der Waals surface area contributed by atoms with Crippen LogP contribution in [0.5, 0.6) is 5.75 Å². The number of benzene rings is 1. The molecule has 0 fully saturated rings. The van der Waals surface area contributed by atoms with Crippen LogP contribution in [-0.4, -0.2) is 40.2 Å². The summed E-state index contributed by atoms with van der Waals surface area (Å²) in [6.45, 7) is 3.88. The van der Waals surface area contributed by atoms with Crippen LogP contribution in [-0.2, 0) is 4.79 Å². The van der Waals surface area contributed by atoms with Gasteiger partial charge in [0.1, 0.15) is 11.5 Å². The van der Waals surface area contributed by atoms with Gasteiger partial charge in [0, 0.05) is 16.9 Å². The van der Waals surface area contributed by atoms with Crippen molar-refractivity contribution >= 4 is 34.8 Å². The number of halogens is 5. The summed E-state index contributed by atoms with van der Waals surface area (Å²) < 4.78 is 44.3. The van der Waals surface area contributed by atoms with Crippen LogP contribution in [0.15, 0.2) is 23.3 Å². The van der Waals surface area contributed by atoms with Gasteiger partial charge in [0.2, 0.25) is 0 Å². The molecule has 10 heteroatoms. The van der Waals surface area contributed by atoms with Crippen molar-refractivity contribution in [2.24, 2.45) is 10.5 Å². The molecule has 1 aliphatic rings. The van der Waals surface area contributed by atoms with Gasteiger partial charge >= 0.3 is 6.18 Å². The lowest BCUT2D eigenvalue weighted by atomic mass is 9.80. The topological polar surface area (TPSA) is 62.1 Å². The number of rotatable bonds is 3. The van der Waals surface area contributed by atoms with E-state index in [4.69, 9.17) is 27.9 Å². The van der Waals surface area contributed by atoms with Gasteiger partial charge in [-0.25, -0.2) is 0 Å². The molecule has 0 saturated heterocycles. The fraction of sp³-hybridized carbons (Fsp3) is 0.500. The number of hydrazone groups is 1. The molecule has 1 heterocycles. The van der Waals surface area contributed by atoms with Crippen LogP contribution in [0.3, 0.4) is 0 Å². The molecule has 144 valence electrons. The third kappa shape index (κ3) is 4.07. The van der Waals surface area contributed by atoms with Crippen molar-refractivity contribution in [3.8, 4) is 5.75 Å². The van der Waals surface area contributed by atoms with Crippen molar-refractivity contribution in [3.05, 3.63) is 28.2 Å². The van der Waals surface area contributed by atoms with E-state index in [1.807, 2.05) is 0 Å². The minimum Gasteiger partial charge on any atom is -0.482 e. The molecule has 0 bridgehead atoms. The Morgan fingerprint density at radius 2 is 1.96 bits per heavy atom. The fourth-order valence-electron chi connectivity index (χ4n) is 2.34. The van der Waals surface area contributed by atoms with Gasteiger partial charge < -0.3 is 9.84 Å². The quantitative estimate of drug-likeness (QED) is 0.806. The number of hydrogen-bond donors (Lipinski definition) is 1. The number of alkyl halides is 3. The van der Waals surface area contributed by atoms with Crippen molar-refractivity contribution in [2.45, 2.75) is 39.1 Å². The first kappa shape index (κ1) is 20.8. The third-order valence-electron chi connectivity index (χ3n) is 3.99. The highest BCUT2D eigenvalue weighted by Crippen LogP contribution is 2.43. The molecule has 0 aliphatic carbocycles. The van der Waals surface area contributed by atoms with E-state index >= 15 is 0 Å². The van der Waals surface area contributed by atoms with Gasteiger partial charge in [-0.2, -0.15) is 23.3 Å². The minimum absolute atomic E-state index is 0.128. The van der Waals surface area contributed by atoms with Gasteiger partial charge in [-0.3, -0.25) is 4.79 Å². The summed E-state index contributed by atoms with van der Waals surface area (Å²) in [7, 11) is 0. The van der Waals surface area contributed by atoms with E-state index in [0.29, 0.717) is 10.0 Å². The molecule has 1 aromatic carbocycles. The van der Waals surface area contributed by atoms with Crippen molar-refractivity contribution in [2.75, 3.05) is 6.61 Å². The van der Waals surface area contributed by atoms with Gasteiger partial charge in [0.05, 0.1) is 5.02 Å².